The van der Waals surface area contributed by atoms with Crippen molar-refractivity contribution in [3.63, 3.8) is 0 Å². The van der Waals surface area contributed by atoms with Crippen molar-refractivity contribution in [2.45, 2.75) is 5.92 Å². The Balaban J connectivity index is 2.46. The third-order valence-corrected chi connectivity index (χ3v) is 2.35. The van der Waals surface area contributed by atoms with Crippen LogP contribution in [0, 0.1) is 0 Å². The van der Waals surface area contributed by atoms with Gasteiger partial charge < -0.3 is 0 Å². The van der Waals surface area contributed by atoms with Crippen LogP contribution in [0.1, 0.15) is 0 Å². The van der Waals surface area contributed by atoms with Gasteiger partial charge >= 0.3 is 13.2 Å². The van der Waals surface area contributed by atoms with Crippen LogP contribution in [0.2, 0.25) is 0 Å². The first-order valence-corrected chi connectivity index (χ1v) is 4.88. The van der Waals surface area contributed by atoms with Crippen molar-refractivity contribution in [2.75, 3.05) is 13.2 Å². The predicted molar refractivity (Wildman–Crippen MR) is 31.8 cm³/mol. The molecule has 0 saturated carbocycles. The minimum absolute atomic E-state index is 0.874. The molecule has 7 heteroatoms. The van der Waals surface area contributed by atoms with Crippen LogP contribution in [0.4, 0.5) is 8.78 Å². The summed E-state index contributed by atoms with van der Waals surface area (Å²) in [5.74, 6) is -3.03. The normalized spacial score (nSPS) is 30.0. The van der Waals surface area contributed by atoms with Gasteiger partial charge in [-0.25, -0.2) is 8.78 Å². The topological polar surface area (TPSA) is 38.7 Å². The van der Waals surface area contributed by atoms with Gasteiger partial charge in [0, 0.05) is 0 Å². The van der Waals surface area contributed by atoms with Crippen LogP contribution in [0.25, 0.3) is 0 Å². The molecule has 0 aliphatic carbocycles. The van der Waals surface area contributed by atoms with Gasteiger partial charge in [-0.2, -0.15) is 13.9 Å². The average molecular weight is 193 g/mol. The Labute approximate surface area is 61.3 Å². The highest BCUT2D eigenvalue weighted by Crippen LogP contribution is 2.65. The van der Waals surface area contributed by atoms with E-state index in [0.29, 0.717) is 0 Å². The summed E-state index contributed by atoms with van der Waals surface area (Å²) in [6.45, 7) is -1.75. The molecule has 0 radical (unpaired) electrons. The number of halogens is 3. The molecule has 1 fully saturated rings. The monoisotopic (exact) mass is 193 g/mol. The molecule has 10 heavy (non-hydrogen) atoms. The van der Waals surface area contributed by atoms with Gasteiger partial charge in [0.05, 0.1) is 0 Å². The molecular weight excluding hydrogens is 188 g/mol. The van der Waals surface area contributed by atoms with Gasteiger partial charge in [-0.3, -0.25) is 0 Å². The van der Waals surface area contributed by atoms with Crippen LogP contribution in [-0.4, -0.2) is 24.0 Å². The van der Waals surface area contributed by atoms with Crippen LogP contribution in [0.3, 0.4) is 0 Å². The molecule has 0 unspecified atom stereocenters. The van der Waals surface area contributed by atoms with E-state index in [2.05, 4.69) is 9.05 Å². The van der Waals surface area contributed by atoms with Gasteiger partial charge in [0.25, 0.3) is 0 Å². The Kier molecular flexibility index (Phi) is 2.14. The number of hydrogen-bond donors (Lipinski definition) is 1. The fourth-order valence-corrected chi connectivity index (χ4v) is 1.49. The summed E-state index contributed by atoms with van der Waals surface area (Å²) in [5.41, 5.74) is 0. The molecule has 1 aliphatic heterocycles. The SMILES string of the molecule is O[P+]1(Cl)OCC(F)(F)CO1. The van der Waals surface area contributed by atoms with E-state index in [0.717, 1.165) is 0 Å². The lowest BCUT2D eigenvalue weighted by atomic mass is 10.4. The van der Waals surface area contributed by atoms with Gasteiger partial charge in [0.2, 0.25) is 0 Å². The van der Waals surface area contributed by atoms with Crippen molar-refractivity contribution in [3.05, 3.63) is 0 Å². The first kappa shape index (κ1) is 8.56. The largest absolute Gasteiger partial charge is 0.522 e. The first-order valence-electron chi connectivity index (χ1n) is 2.40. The van der Waals surface area contributed by atoms with Crippen LogP contribution in [0.15, 0.2) is 0 Å². The lowest BCUT2D eigenvalue weighted by Gasteiger charge is -2.21. The molecule has 0 amide bonds. The Morgan fingerprint density at radius 2 is 1.80 bits per heavy atom. The van der Waals surface area contributed by atoms with Gasteiger partial charge in [0.15, 0.2) is 24.5 Å². The maximum Gasteiger partial charge on any atom is 0.522 e. The summed E-state index contributed by atoms with van der Waals surface area (Å²) in [7, 11) is -3.42. The van der Waals surface area contributed by atoms with Crippen molar-refractivity contribution >= 4 is 18.5 Å². The van der Waals surface area contributed by atoms with E-state index >= 15 is 0 Å². The standard InChI is InChI=1S/C3H5ClF2O3P/c4-10(7)8-1-3(5,6)2-9-10/h7H,1-2H2/q+1. The van der Waals surface area contributed by atoms with E-state index in [-0.39, 0.29) is 0 Å². The lowest BCUT2D eigenvalue weighted by Crippen LogP contribution is -2.33. The molecule has 1 aliphatic rings. The highest BCUT2D eigenvalue weighted by Gasteiger charge is 2.52. The van der Waals surface area contributed by atoms with E-state index in [1.54, 1.807) is 0 Å². The third kappa shape index (κ3) is 2.25. The second-order valence-electron chi connectivity index (χ2n) is 1.85. The fraction of sp³-hybridized carbons (Fsp3) is 1.00. The highest BCUT2D eigenvalue weighted by atomic mass is 35.7. The van der Waals surface area contributed by atoms with Crippen molar-refractivity contribution < 1.29 is 22.7 Å². The van der Waals surface area contributed by atoms with Crippen LogP contribution in [-0.2, 0) is 9.05 Å². The van der Waals surface area contributed by atoms with Crippen molar-refractivity contribution in [3.8, 4) is 0 Å². The Hall–Kier alpha value is 0.460. The highest BCUT2D eigenvalue weighted by molar-refractivity contribution is 7.86. The predicted octanol–water partition coefficient (Wildman–Crippen LogP) is 1.58. The second-order valence-corrected chi connectivity index (χ2v) is 4.56. The molecule has 3 nitrogen and oxygen atoms in total. The molecular formula is C3H5ClF2O3P+. The van der Waals surface area contributed by atoms with Crippen LogP contribution < -0.4 is 0 Å². The molecule has 0 bridgehead atoms. The molecule has 0 aromatic carbocycles. The molecule has 0 atom stereocenters. The summed E-state index contributed by atoms with van der Waals surface area (Å²) in [5, 5.41) is 0. The maximum absolute atomic E-state index is 12.1. The van der Waals surface area contributed by atoms with E-state index in [1.807, 2.05) is 0 Å². The number of hydrogen-bond acceptors (Lipinski definition) is 3. The summed E-state index contributed by atoms with van der Waals surface area (Å²) >= 11 is 5.09. The van der Waals surface area contributed by atoms with E-state index < -0.39 is 26.4 Å². The second kappa shape index (κ2) is 2.50. The molecule has 0 spiro atoms. The molecule has 1 N–H and O–H groups in total. The van der Waals surface area contributed by atoms with E-state index in [1.165, 1.54) is 0 Å². The minimum Gasteiger partial charge on any atom is -0.201 e. The molecule has 1 saturated heterocycles. The van der Waals surface area contributed by atoms with Gasteiger partial charge in [-0.15, -0.1) is 0 Å². The van der Waals surface area contributed by atoms with Crippen molar-refractivity contribution in [1.82, 2.24) is 0 Å². The molecule has 0 aromatic heterocycles. The molecule has 1 rings (SSSR count). The van der Waals surface area contributed by atoms with Gasteiger partial charge in [-0.05, 0) is 0 Å². The van der Waals surface area contributed by atoms with Gasteiger partial charge in [0.1, 0.15) is 0 Å². The average Bonchev–Trinajstić information content (AvgIpc) is 1.79. The fourth-order valence-electron chi connectivity index (χ4n) is 0.427. The summed E-state index contributed by atoms with van der Waals surface area (Å²) in [6.07, 6.45) is 0. The summed E-state index contributed by atoms with van der Waals surface area (Å²) in [6, 6.07) is 0. The maximum atomic E-state index is 12.1. The van der Waals surface area contributed by atoms with E-state index in [4.69, 9.17) is 16.1 Å². The number of rotatable bonds is 0. The zero-order valence-electron chi connectivity index (χ0n) is 4.76. The Morgan fingerprint density at radius 1 is 1.40 bits per heavy atom. The Morgan fingerprint density at radius 3 is 2.10 bits per heavy atom. The first-order chi connectivity index (χ1) is 4.41. The number of alkyl halides is 2. The lowest BCUT2D eigenvalue weighted by molar-refractivity contribution is -0.106. The summed E-state index contributed by atoms with van der Waals surface area (Å²) in [4.78, 5) is 8.71. The van der Waals surface area contributed by atoms with Crippen LogP contribution >= 0.6 is 18.5 Å². The summed E-state index contributed by atoms with van der Waals surface area (Å²) < 4.78 is 32.6. The third-order valence-electron chi connectivity index (χ3n) is 0.870. The van der Waals surface area contributed by atoms with Crippen molar-refractivity contribution in [2.24, 2.45) is 0 Å². The quantitative estimate of drug-likeness (QED) is 0.594. The Bertz CT molecular complexity index is 114. The smallest absolute Gasteiger partial charge is 0.201 e. The van der Waals surface area contributed by atoms with Crippen LogP contribution in [0.5, 0.6) is 0 Å². The zero-order chi connectivity index (χ0) is 7.83. The molecule has 60 valence electrons. The van der Waals surface area contributed by atoms with Gasteiger partial charge in [-0.1, -0.05) is 0 Å². The van der Waals surface area contributed by atoms with E-state index in [9.17, 15) is 8.78 Å². The molecule has 1 heterocycles. The van der Waals surface area contributed by atoms with Crippen molar-refractivity contribution in [1.29, 1.82) is 0 Å². The molecule has 0 aromatic rings. The minimum atomic E-state index is -3.42. The zero-order valence-corrected chi connectivity index (χ0v) is 6.41.